The molecular weight excluding hydrogens is 278 g/mol. The molecule has 1 heterocycles. The standard InChI is InChI=1S/C17H17N3O2/c21-12-14-8-4-5-9-15(14)18-11-17-19-16(20-22-17)10-13-6-2-1-3-7-13/h1-9,18,21H,10-12H2. The van der Waals surface area contributed by atoms with Gasteiger partial charge >= 0.3 is 0 Å². The van der Waals surface area contributed by atoms with Crippen LogP contribution >= 0.6 is 0 Å². The summed E-state index contributed by atoms with van der Waals surface area (Å²) in [5.41, 5.74) is 2.85. The van der Waals surface area contributed by atoms with Crippen molar-refractivity contribution in [2.24, 2.45) is 0 Å². The van der Waals surface area contributed by atoms with Gasteiger partial charge in [-0.2, -0.15) is 4.98 Å². The van der Waals surface area contributed by atoms with Crippen LogP contribution in [0, 0.1) is 0 Å². The van der Waals surface area contributed by atoms with Crippen LogP contribution in [0.1, 0.15) is 22.8 Å². The Morgan fingerprint density at radius 3 is 2.59 bits per heavy atom. The number of aliphatic hydroxyl groups is 1. The number of rotatable bonds is 6. The molecule has 0 saturated carbocycles. The minimum absolute atomic E-state index is 0.00767. The molecule has 3 rings (SSSR count). The zero-order chi connectivity index (χ0) is 15.2. The van der Waals surface area contributed by atoms with Gasteiger partial charge in [0.2, 0.25) is 5.89 Å². The van der Waals surface area contributed by atoms with Crippen molar-refractivity contribution >= 4 is 5.69 Å². The highest BCUT2D eigenvalue weighted by atomic mass is 16.5. The molecule has 5 nitrogen and oxygen atoms in total. The average molecular weight is 295 g/mol. The van der Waals surface area contributed by atoms with Crippen LogP contribution in [0.5, 0.6) is 0 Å². The molecule has 112 valence electrons. The quantitative estimate of drug-likeness (QED) is 0.731. The maximum atomic E-state index is 9.29. The third kappa shape index (κ3) is 3.51. The lowest BCUT2D eigenvalue weighted by atomic mass is 10.1. The van der Waals surface area contributed by atoms with Crippen molar-refractivity contribution in [3.63, 3.8) is 0 Å². The van der Waals surface area contributed by atoms with Gasteiger partial charge in [0.15, 0.2) is 5.82 Å². The Morgan fingerprint density at radius 1 is 1.00 bits per heavy atom. The molecular formula is C17H17N3O2. The van der Waals surface area contributed by atoms with Gasteiger partial charge in [-0.1, -0.05) is 53.7 Å². The van der Waals surface area contributed by atoms with E-state index >= 15 is 0 Å². The van der Waals surface area contributed by atoms with E-state index in [2.05, 4.69) is 15.5 Å². The summed E-state index contributed by atoms with van der Waals surface area (Å²) in [6.45, 7) is 0.422. The molecule has 0 fully saturated rings. The van der Waals surface area contributed by atoms with Crippen molar-refractivity contribution in [3.8, 4) is 0 Å². The lowest BCUT2D eigenvalue weighted by molar-refractivity contribution is 0.282. The summed E-state index contributed by atoms with van der Waals surface area (Å²) in [4.78, 5) is 4.37. The molecule has 0 radical (unpaired) electrons. The van der Waals surface area contributed by atoms with Crippen molar-refractivity contribution in [3.05, 3.63) is 77.4 Å². The second kappa shape index (κ2) is 6.87. The third-order valence-electron chi connectivity index (χ3n) is 3.33. The first-order chi connectivity index (χ1) is 10.8. The van der Waals surface area contributed by atoms with E-state index in [1.54, 1.807) is 0 Å². The Bertz CT molecular complexity index is 726. The van der Waals surface area contributed by atoms with E-state index in [9.17, 15) is 5.11 Å². The first-order valence-corrected chi connectivity index (χ1v) is 7.13. The van der Waals surface area contributed by atoms with Crippen molar-refractivity contribution in [1.29, 1.82) is 0 Å². The molecule has 0 saturated heterocycles. The van der Waals surface area contributed by atoms with E-state index < -0.39 is 0 Å². The highest BCUT2D eigenvalue weighted by molar-refractivity contribution is 5.50. The molecule has 0 spiro atoms. The Labute approximate surface area is 128 Å². The summed E-state index contributed by atoms with van der Waals surface area (Å²) in [5.74, 6) is 1.19. The number of nitrogens with one attached hydrogen (secondary N) is 1. The summed E-state index contributed by atoms with van der Waals surface area (Å²) >= 11 is 0. The molecule has 0 aliphatic rings. The highest BCUT2D eigenvalue weighted by Crippen LogP contribution is 2.16. The molecule has 22 heavy (non-hydrogen) atoms. The molecule has 0 atom stereocenters. The van der Waals surface area contributed by atoms with Crippen LogP contribution < -0.4 is 5.32 Å². The summed E-state index contributed by atoms with van der Waals surface area (Å²) in [6.07, 6.45) is 0.650. The smallest absolute Gasteiger partial charge is 0.245 e. The van der Waals surface area contributed by atoms with Gasteiger partial charge in [0.1, 0.15) is 0 Å². The maximum absolute atomic E-state index is 9.29. The number of benzene rings is 2. The zero-order valence-electron chi connectivity index (χ0n) is 12.1. The zero-order valence-corrected chi connectivity index (χ0v) is 12.1. The molecule has 3 aromatic rings. The van der Waals surface area contributed by atoms with Crippen LogP contribution in [0.15, 0.2) is 59.1 Å². The molecule has 0 aliphatic carbocycles. The lowest BCUT2D eigenvalue weighted by Crippen LogP contribution is -2.03. The van der Waals surface area contributed by atoms with E-state index in [4.69, 9.17) is 4.52 Å². The van der Waals surface area contributed by atoms with E-state index in [1.807, 2.05) is 54.6 Å². The van der Waals surface area contributed by atoms with Crippen molar-refractivity contribution in [2.75, 3.05) is 5.32 Å². The monoisotopic (exact) mass is 295 g/mol. The number of anilines is 1. The first kappa shape index (κ1) is 14.3. The topological polar surface area (TPSA) is 71.2 Å². The van der Waals surface area contributed by atoms with Gasteiger partial charge in [-0.05, 0) is 11.6 Å². The van der Waals surface area contributed by atoms with Gasteiger partial charge in [-0.3, -0.25) is 0 Å². The van der Waals surface area contributed by atoms with E-state index in [1.165, 1.54) is 0 Å². The van der Waals surface area contributed by atoms with Gasteiger partial charge in [0.05, 0.1) is 13.2 Å². The Hall–Kier alpha value is -2.66. The van der Waals surface area contributed by atoms with Crippen molar-refractivity contribution in [1.82, 2.24) is 10.1 Å². The van der Waals surface area contributed by atoms with Gasteiger partial charge in [-0.25, -0.2) is 0 Å². The normalized spacial score (nSPS) is 10.6. The highest BCUT2D eigenvalue weighted by Gasteiger charge is 2.08. The van der Waals surface area contributed by atoms with Gasteiger partial charge in [0, 0.05) is 17.7 Å². The fourth-order valence-corrected chi connectivity index (χ4v) is 2.21. The molecule has 0 aliphatic heterocycles. The van der Waals surface area contributed by atoms with Gasteiger partial charge in [0.25, 0.3) is 0 Å². The van der Waals surface area contributed by atoms with Crippen molar-refractivity contribution in [2.45, 2.75) is 19.6 Å². The van der Waals surface area contributed by atoms with Crippen LogP contribution in [-0.4, -0.2) is 15.2 Å². The molecule has 0 amide bonds. The van der Waals surface area contributed by atoms with Gasteiger partial charge < -0.3 is 14.9 Å². The number of hydrogen-bond donors (Lipinski definition) is 2. The Kier molecular flexibility index (Phi) is 4.46. The van der Waals surface area contributed by atoms with Crippen LogP contribution in [0.4, 0.5) is 5.69 Å². The largest absolute Gasteiger partial charge is 0.392 e. The Balaban J connectivity index is 1.62. The number of para-hydroxylation sites is 1. The number of nitrogens with zero attached hydrogens (tertiary/aromatic N) is 2. The minimum atomic E-state index is -0.00767. The molecule has 2 aromatic carbocycles. The predicted octanol–water partition coefficient (Wildman–Crippen LogP) is 2.76. The predicted molar refractivity (Wildman–Crippen MR) is 83.2 cm³/mol. The lowest BCUT2D eigenvalue weighted by Gasteiger charge is -2.07. The van der Waals surface area contributed by atoms with E-state index in [-0.39, 0.29) is 6.61 Å². The number of aliphatic hydroxyl groups excluding tert-OH is 1. The molecule has 2 N–H and O–H groups in total. The summed E-state index contributed by atoms with van der Waals surface area (Å²) < 4.78 is 5.25. The summed E-state index contributed by atoms with van der Waals surface area (Å²) in [7, 11) is 0. The Morgan fingerprint density at radius 2 is 1.77 bits per heavy atom. The molecule has 0 unspecified atom stereocenters. The maximum Gasteiger partial charge on any atom is 0.245 e. The molecule has 5 heteroatoms. The van der Waals surface area contributed by atoms with Gasteiger partial charge in [-0.15, -0.1) is 0 Å². The average Bonchev–Trinajstić information content (AvgIpc) is 3.01. The third-order valence-corrected chi connectivity index (χ3v) is 3.33. The van der Waals surface area contributed by atoms with Crippen LogP contribution in [0.2, 0.25) is 0 Å². The fraction of sp³-hybridized carbons (Fsp3) is 0.176. The van der Waals surface area contributed by atoms with Crippen LogP contribution in [0.3, 0.4) is 0 Å². The van der Waals surface area contributed by atoms with E-state index in [0.717, 1.165) is 16.8 Å². The van der Waals surface area contributed by atoms with E-state index in [0.29, 0.717) is 24.7 Å². The fourth-order valence-electron chi connectivity index (χ4n) is 2.21. The SMILES string of the molecule is OCc1ccccc1NCc1nc(Cc2ccccc2)no1. The summed E-state index contributed by atoms with van der Waals surface area (Å²) in [5, 5.41) is 16.5. The van der Waals surface area contributed by atoms with Crippen LogP contribution in [-0.2, 0) is 19.6 Å². The minimum Gasteiger partial charge on any atom is -0.392 e. The van der Waals surface area contributed by atoms with Crippen LogP contribution in [0.25, 0.3) is 0 Å². The number of aromatic nitrogens is 2. The van der Waals surface area contributed by atoms with Crippen molar-refractivity contribution < 1.29 is 9.63 Å². The second-order valence-electron chi connectivity index (χ2n) is 4.94. The molecule has 1 aromatic heterocycles. The summed E-state index contributed by atoms with van der Waals surface area (Å²) in [6, 6.07) is 17.6. The first-order valence-electron chi connectivity index (χ1n) is 7.13. The molecule has 0 bridgehead atoms. The second-order valence-corrected chi connectivity index (χ2v) is 4.94. The number of hydrogen-bond acceptors (Lipinski definition) is 5.